The monoisotopic (exact) mass is 592 g/mol. The van der Waals surface area contributed by atoms with Gasteiger partial charge in [0.15, 0.2) is 11.5 Å². The molecule has 3 aromatic carbocycles. The number of methoxy groups -OCH3 is 1. The van der Waals surface area contributed by atoms with E-state index in [2.05, 4.69) is 0 Å². The molecule has 0 radical (unpaired) electrons. The second kappa shape index (κ2) is 11.0. The Kier molecular flexibility index (Phi) is 7.95. The summed E-state index contributed by atoms with van der Waals surface area (Å²) >= 11 is 6.71. The molecule has 2 amide bonds. The standard InChI is InChI=1S/C25H18ClFN2O8S2/c1-14-3-7-18(12-20(14)29(32)33)39(34,35)37-21-8-4-15(9-22(21)36-2)10-23-24(30)28(25(31)38-23)13-16-5-6-17(27)11-19(16)26/h3-12H,13H2,1-2H3/b23-10-. The van der Waals surface area contributed by atoms with Crippen molar-refractivity contribution in [3.8, 4) is 11.5 Å². The van der Waals surface area contributed by atoms with Crippen molar-refractivity contribution in [1.82, 2.24) is 4.90 Å². The number of nitro benzene ring substituents is 1. The largest absolute Gasteiger partial charge is 0.493 e. The van der Waals surface area contributed by atoms with E-state index in [0.29, 0.717) is 22.9 Å². The minimum atomic E-state index is -4.46. The van der Waals surface area contributed by atoms with E-state index < -0.39 is 36.9 Å². The Bertz CT molecular complexity index is 1660. The van der Waals surface area contributed by atoms with Crippen molar-refractivity contribution in [2.24, 2.45) is 0 Å². The van der Waals surface area contributed by atoms with Gasteiger partial charge in [-0.3, -0.25) is 24.6 Å². The van der Waals surface area contributed by atoms with Gasteiger partial charge in [-0.15, -0.1) is 0 Å². The SMILES string of the molecule is COc1cc(/C=C2\SC(=O)N(Cc3ccc(F)cc3Cl)C2=O)ccc1OS(=O)(=O)c1ccc(C)c([N+](=O)[O-])c1. The van der Waals surface area contributed by atoms with Gasteiger partial charge < -0.3 is 8.92 Å². The van der Waals surface area contributed by atoms with E-state index in [4.69, 9.17) is 20.5 Å². The van der Waals surface area contributed by atoms with E-state index in [-0.39, 0.29) is 39.2 Å². The third kappa shape index (κ3) is 6.05. The molecule has 0 saturated carbocycles. The maximum atomic E-state index is 13.3. The average Bonchev–Trinajstić information content (AvgIpc) is 3.13. The smallest absolute Gasteiger partial charge is 0.339 e. The van der Waals surface area contributed by atoms with Gasteiger partial charge in [-0.1, -0.05) is 29.8 Å². The highest BCUT2D eigenvalue weighted by Crippen LogP contribution is 2.37. The highest BCUT2D eigenvalue weighted by atomic mass is 35.5. The summed E-state index contributed by atoms with van der Waals surface area (Å²) in [7, 11) is -3.18. The molecule has 14 heteroatoms. The van der Waals surface area contributed by atoms with Crippen molar-refractivity contribution < 1.29 is 36.2 Å². The minimum Gasteiger partial charge on any atom is -0.493 e. The first-order valence-electron chi connectivity index (χ1n) is 11.0. The zero-order valence-electron chi connectivity index (χ0n) is 20.2. The number of nitrogens with zero attached hydrogens (tertiary/aromatic N) is 2. The molecule has 0 atom stereocenters. The number of hydrogen-bond acceptors (Lipinski definition) is 9. The van der Waals surface area contributed by atoms with E-state index >= 15 is 0 Å². The van der Waals surface area contributed by atoms with E-state index in [0.717, 1.165) is 17.0 Å². The van der Waals surface area contributed by atoms with Crippen molar-refractivity contribution in [2.45, 2.75) is 18.4 Å². The van der Waals surface area contributed by atoms with Gasteiger partial charge in [0.25, 0.3) is 16.8 Å². The number of rotatable bonds is 8. The second-order valence-electron chi connectivity index (χ2n) is 8.16. The van der Waals surface area contributed by atoms with Crippen LogP contribution in [0.4, 0.5) is 14.9 Å². The number of hydrogen-bond donors (Lipinski definition) is 0. The summed E-state index contributed by atoms with van der Waals surface area (Å²) in [4.78, 5) is 36.5. The zero-order chi connectivity index (χ0) is 28.5. The van der Waals surface area contributed by atoms with E-state index in [1.54, 1.807) is 0 Å². The Labute approximate surface area is 231 Å². The average molecular weight is 593 g/mol. The molecule has 1 aliphatic heterocycles. The van der Waals surface area contributed by atoms with E-state index in [1.807, 2.05) is 0 Å². The van der Waals surface area contributed by atoms with Crippen molar-refractivity contribution in [2.75, 3.05) is 7.11 Å². The lowest BCUT2D eigenvalue weighted by atomic mass is 10.1. The van der Waals surface area contributed by atoms with Crippen LogP contribution in [0.5, 0.6) is 11.5 Å². The Morgan fingerprint density at radius 3 is 2.51 bits per heavy atom. The highest BCUT2D eigenvalue weighted by molar-refractivity contribution is 8.18. The molecule has 1 heterocycles. The molecule has 3 aromatic rings. The quantitative estimate of drug-likeness (QED) is 0.140. The normalized spacial score (nSPS) is 14.7. The molecular weight excluding hydrogens is 575 g/mol. The maximum absolute atomic E-state index is 13.3. The maximum Gasteiger partial charge on any atom is 0.339 e. The third-order valence-corrected chi connectivity index (χ3v) is 8.06. The van der Waals surface area contributed by atoms with Gasteiger partial charge in [0.2, 0.25) is 0 Å². The number of carbonyl (C=O) groups excluding carboxylic acids is 2. The van der Waals surface area contributed by atoms with Gasteiger partial charge in [0.05, 0.1) is 23.5 Å². The fraction of sp³-hybridized carbons (Fsp3) is 0.120. The number of ether oxygens (including phenoxy) is 1. The van der Waals surface area contributed by atoms with Crippen LogP contribution in [-0.2, 0) is 21.5 Å². The molecule has 0 aliphatic carbocycles. The van der Waals surface area contributed by atoms with Crippen molar-refractivity contribution in [1.29, 1.82) is 0 Å². The minimum absolute atomic E-state index is 0.00809. The van der Waals surface area contributed by atoms with Crippen molar-refractivity contribution in [3.05, 3.63) is 97.1 Å². The van der Waals surface area contributed by atoms with Crippen LogP contribution in [0.25, 0.3) is 6.08 Å². The summed E-state index contributed by atoms with van der Waals surface area (Å²) in [5.74, 6) is -1.34. The summed E-state index contributed by atoms with van der Waals surface area (Å²) in [5.41, 5.74) is 0.696. The first-order chi connectivity index (χ1) is 18.4. The van der Waals surface area contributed by atoms with Gasteiger partial charge in [0.1, 0.15) is 10.7 Å². The number of amides is 2. The van der Waals surface area contributed by atoms with Crippen LogP contribution in [-0.4, -0.2) is 36.5 Å². The number of carbonyl (C=O) groups is 2. The molecule has 4 rings (SSSR count). The Balaban J connectivity index is 1.57. The van der Waals surface area contributed by atoms with Crippen LogP contribution in [0.15, 0.2) is 64.4 Å². The Hall–Kier alpha value is -3.94. The number of halogens is 2. The predicted octanol–water partition coefficient (Wildman–Crippen LogP) is 5.71. The van der Waals surface area contributed by atoms with Gasteiger partial charge >= 0.3 is 10.1 Å². The number of nitro groups is 1. The van der Waals surface area contributed by atoms with Crippen LogP contribution < -0.4 is 8.92 Å². The first kappa shape index (κ1) is 28.1. The van der Waals surface area contributed by atoms with Crippen molar-refractivity contribution in [3.63, 3.8) is 0 Å². The highest BCUT2D eigenvalue weighted by Gasteiger charge is 2.35. The molecule has 202 valence electrons. The summed E-state index contributed by atoms with van der Waals surface area (Å²) in [5, 5.41) is 10.7. The Morgan fingerprint density at radius 1 is 1.10 bits per heavy atom. The molecule has 1 fully saturated rings. The van der Waals surface area contributed by atoms with Crippen LogP contribution in [0.2, 0.25) is 5.02 Å². The van der Waals surface area contributed by atoms with Gasteiger partial charge in [0, 0.05) is 16.7 Å². The van der Waals surface area contributed by atoms with E-state index in [9.17, 15) is 32.5 Å². The number of thioether (sulfide) groups is 1. The van der Waals surface area contributed by atoms with Crippen molar-refractivity contribution >= 4 is 56.4 Å². The first-order valence-corrected chi connectivity index (χ1v) is 13.6. The summed E-state index contributed by atoms with van der Waals surface area (Å²) in [6, 6.07) is 11.2. The summed E-state index contributed by atoms with van der Waals surface area (Å²) in [6.07, 6.45) is 1.42. The summed E-state index contributed by atoms with van der Waals surface area (Å²) < 4.78 is 49.3. The lowest BCUT2D eigenvalue weighted by molar-refractivity contribution is -0.385. The fourth-order valence-corrected chi connectivity index (χ4v) is 5.58. The zero-order valence-corrected chi connectivity index (χ0v) is 22.6. The van der Waals surface area contributed by atoms with Gasteiger partial charge in [-0.25, -0.2) is 4.39 Å². The fourth-order valence-electron chi connectivity index (χ4n) is 3.56. The lowest BCUT2D eigenvalue weighted by Gasteiger charge is -2.13. The molecule has 0 spiro atoms. The molecule has 0 bridgehead atoms. The molecular formula is C25H18ClFN2O8S2. The van der Waals surface area contributed by atoms with Gasteiger partial charge in [-0.2, -0.15) is 8.42 Å². The predicted molar refractivity (Wildman–Crippen MR) is 142 cm³/mol. The number of imide groups is 1. The van der Waals surface area contributed by atoms with Crippen LogP contribution in [0.3, 0.4) is 0 Å². The molecule has 10 nitrogen and oxygen atoms in total. The number of benzene rings is 3. The summed E-state index contributed by atoms with van der Waals surface area (Å²) in [6.45, 7) is 1.33. The Morgan fingerprint density at radius 2 is 1.85 bits per heavy atom. The van der Waals surface area contributed by atoms with Gasteiger partial charge in [-0.05, 0) is 66.2 Å². The van der Waals surface area contributed by atoms with Crippen LogP contribution in [0.1, 0.15) is 16.7 Å². The van der Waals surface area contributed by atoms with Crippen LogP contribution >= 0.6 is 23.4 Å². The molecule has 0 N–H and O–H groups in total. The molecule has 1 saturated heterocycles. The number of aryl methyl sites for hydroxylation is 1. The molecule has 39 heavy (non-hydrogen) atoms. The third-order valence-electron chi connectivity index (χ3n) is 5.57. The topological polar surface area (TPSA) is 133 Å². The lowest BCUT2D eigenvalue weighted by Crippen LogP contribution is -2.27. The van der Waals surface area contributed by atoms with E-state index in [1.165, 1.54) is 62.6 Å². The molecule has 1 aliphatic rings. The molecule has 0 aromatic heterocycles. The second-order valence-corrected chi connectivity index (χ2v) is 11.1. The molecule has 0 unspecified atom stereocenters. The van der Waals surface area contributed by atoms with Crippen LogP contribution in [0, 0.1) is 22.9 Å².